The highest BCUT2D eigenvalue weighted by Crippen LogP contribution is 2.58. The van der Waals surface area contributed by atoms with Crippen LogP contribution >= 0.6 is 0 Å². The van der Waals surface area contributed by atoms with Gasteiger partial charge in [0.1, 0.15) is 11.5 Å². The average molecular weight is 314 g/mol. The molecule has 0 saturated carbocycles. The van der Waals surface area contributed by atoms with E-state index in [0.29, 0.717) is 6.42 Å². The number of rotatable bonds is 2. The third-order valence-corrected chi connectivity index (χ3v) is 6.04. The summed E-state index contributed by atoms with van der Waals surface area (Å²) >= 11 is 0. The molecule has 1 aromatic carbocycles. The number of carbonyl (C=O) groups is 1. The van der Waals surface area contributed by atoms with Crippen LogP contribution in [0.3, 0.4) is 0 Å². The van der Waals surface area contributed by atoms with Crippen LogP contribution in [0.25, 0.3) is 0 Å². The highest BCUT2D eigenvalue weighted by Gasteiger charge is 2.55. The van der Waals surface area contributed by atoms with Crippen molar-refractivity contribution >= 4 is 5.78 Å². The Hall–Kier alpha value is -1.77. The first-order valence-corrected chi connectivity index (χ1v) is 8.23. The van der Waals surface area contributed by atoms with E-state index in [1.54, 1.807) is 14.2 Å². The Bertz CT molecular complexity index is 699. The van der Waals surface area contributed by atoms with Crippen LogP contribution in [0, 0.1) is 11.3 Å². The van der Waals surface area contributed by atoms with E-state index < -0.39 is 0 Å². The Balaban J connectivity index is 2.29. The average Bonchev–Trinajstić information content (AvgIpc) is 2.51. The fourth-order valence-electron chi connectivity index (χ4n) is 4.94. The molecule has 0 heterocycles. The summed E-state index contributed by atoms with van der Waals surface area (Å²) in [7, 11) is 3.40. The summed E-state index contributed by atoms with van der Waals surface area (Å²) in [5.41, 5.74) is 2.68. The Morgan fingerprint density at radius 2 is 1.70 bits per heavy atom. The molecular formula is C20H26O3. The maximum absolute atomic E-state index is 13.0. The molecule has 23 heavy (non-hydrogen) atoms. The molecule has 2 aliphatic carbocycles. The second-order valence-corrected chi connectivity index (χ2v) is 7.64. The number of Topliss-reactive ketones (excluding diaryl/α,β-unsaturated/α-hetero) is 1. The van der Waals surface area contributed by atoms with Gasteiger partial charge in [-0.3, -0.25) is 4.79 Å². The molecule has 2 aliphatic rings. The van der Waals surface area contributed by atoms with Gasteiger partial charge in [0, 0.05) is 16.5 Å². The van der Waals surface area contributed by atoms with Crippen molar-refractivity contribution in [1.82, 2.24) is 0 Å². The molecule has 124 valence electrons. The minimum absolute atomic E-state index is 0.158. The van der Waals surface area contributed by atoms with E-state index in [-0.39, 0.29) is 22.5 Å². The molecule has 0 N–H and O–H groups in total. The van der Waals surface area contributed by atoms with E-state index in [2.05, 4.69) is 26.8 Å². The lowest BCUT2D eigenvalue weighted by atomic mass is 9.50. The first-order chi connectivity index (χ1) is 10.8. The summed E-state index contributed by atoms with van der Waals surface area (Å²) in [6, 6.07) is 3.93. The van der Waals surface area contributed by atoms with E-state index in [0.717, 1.165) is 29.1 Å². The van der Waals surface area contributed by atoms with Gasteiger partial charge in [-0.2, -0.15) is 0 Å². The smallest absolute Gasteiger partial charge is 0.164 e. The maximum atomic E-state index is 13.0. The van der Waals surface area contributed by atoms with Crippen molar-refractivity contribution in [1.29, 1.82) is 0 Å². The lowest BCUT2D eigenvalue weighted by Crippen LogP contribution is -2.52. The fraction of sp³-hybridized carbons (Fsp3) is 0.550. The Morgan fingerprint density at radius 3 is 2.30 bits per heavy atom. The van der Waals surface area contributed by atoms with Crippen molar-refractivity contribution in [2.75, 3.05) is 14.2 Å². The zero-order valence-corrected chi connectivity index (χ0v) is 14.9. The molecule has 3 rings (SSSR count). The highest BCUT2D eigenvalue weighted by molar-refractivity contribution is 6.01. The monoisotopic (exact) mass is 314 g/mol. The van der Waals surface area contributed by atoms with Crippen LogP contribution in [0.5, 0.6) is 11.5 Å². The maximum Gasteiger partial charge on any atom is 0.164 e. The zero-order chi connectivity index (χ0) is 17.0. The molecule has 0 amide bonds. The van der Waals surface area contributed by atoms with Crippen molar-refractivity contribution in [3.05, 3.63) is 34.9 Å². The number of hydrogen-bond donors (Lipinski definition) is 0. The minimum Gasteiger partial charge on any atom is -0.496 e. The minimum atomic E-state index is -0.380. The van der Waals surface area contributed by atoms with Gasteiger partial charge in [-0.05, 0) is 48.8 Å². The van der Waals surface area contributed by atoms with Crippen molar-refractivity contribution in [3.8, 4) is 11.5 Å². The summed E-state index contributed by atoms with van der Waals surface area (Å²) < 4.78 is 11.3. The van der Waals surface area contributed by atoms with Gasteiger partial charge in [-0.15, -0.1) is 0 Å². The van der Waals surface area contributed by atoms with Gasteiger partial charge in [-0.1, -0.05) is 26.8 Å². The quantitative estimate of drug-likeness (QED) is 0.825. The topological polar surface area (TPSA) is 35.5 Å². The second kappa shape index (κ2) is 5.12. The van der Waals surface area contributed by atoms with Crippen LogP contribution in [-0.4, -0.2) is 20.0 Å². The lowest BCUT2D eigenvalue weighted by Gasteiger charge is -2.52. The van der Waals surface area contributed by atoms with E-state index in [4.69, 9.17) is 9.47 Å². The number of ether oxygens (including phenoxy) is 2. The van der Waals surface area contributed by atoms with E-state index in [1.165, 1.54) is 5.56 Å². The second-order valence-electron chi connectivity index (χ2n) is 7.64. The van der Waals surface area contributed by atoms with E-state index >= 15 is 0 Å². The molecule has 0 radical (unpaired) electrons. The highest BCUT2D eigenvalue weighted by atomic mass is 16.5. The van der Waals surface area contributed by atoms with Gasteiger partial charge in [0.25, 0.3) is 0 Å². The first-order valence-electron chi connectivity index (χ1n) is 8.23. The SMILES string of the molecule is COc1ccc(OC)c2c1CC1(C)C(=O)C(C)=CCC1C2(C)C. The van der Waals surface area contributed by atoms with E-state index in [9.17, 15) is 4.79 Å². The van der Waals surface area contributed by atoms with Gasteiger partial charge < -0.3 is 9.47 Å². The number of fused-ring (bicyclic) bond motifs is 2. The largest absolute Gasteiger partial charge is 0.496 e. The van der Waals surface area contributed by atoms with Gasteiger partial charge in [0.05, 0.1) is 14.2 Å². The number of methoxy groups -OCH3 is 2. The van der Waals surface area contributed by atoms with Crippen LogP contribution in [0.1, 0.15) is 45.2 Å². The summed E-state index contributed by atoms with van der Waals surface area (Å²) in [5, 5.41) is 0. The van der Waals surface area contributed by atoms with E-state index in [1.807, 2.05) is 19.1 Å². The molecule has 3 heteroatoms. The number of benzene rings is 1. The zero-order valence-electron chi connectivity index (χ0n) is 14.9. The summed E-state index contributed by atoms with van der Waals surface area (Å²) in [6.45, 7) is 8.53. The molecule has 2 atom stereocenters. The Labute approximate surface area is 138 Å². The normalized spacial score (nSPS) is 28.5. The first kappa shape index (κ1) is 16.1. The predicted molar refractivity (Wildman–Crippen MR) is 91.3 cm³/mol. The Morgan fingerprint density at radius 1 is 1.09 bits per heavy atom. The number of carbonyl (C=O) groups excluding carboxylic acids is 1. The summed E-state index contributed by atoms with van der Waals surface area (Å²) in [6.07, 6.45) is 3.75. The molecular weight excluding hydrogens is 288 g/mol. The van der Waals surface area contributed by atoms with Gasteiger partial charge in [-0.25, -0.2) is 0 Å². The van der Waals surface area contributed by atoms with Crippen molar-refractivity contribution in [2.45, 2.75) is 46.0 Å². The Kier molecular flexibility index (Phi) is 3.58. The third kappa shape index (κ3) is 2.05. The third-order valence-electron chi connectivity index (χ3n) is 6.04. The van der Waals surface area contributed by atoms with Crippen molar-refractivity contribution in [3.63, 3.8) is 0 Å². The standard InChI is InChI=1S/C20H26O3/c1-12-7-10-16-19(2,3)17-13(11-20(16,4)18(12)21)14(22-5)8-9-15(17)23-6/h7-9,16H,10-11H2,1-6H3. The van der Waals surface area contributed by atoms with Crippen molar-refractivity contribution in [2.24, 2.45) is 11.3 Å². The van der Waals surface area contributed by atoms with Crippen LogP contribution in [0.15, 0.2) is 23.8 Å². The molecule has 0 spiro atoms. The predicted octanol–water partition coefficient (Wildman–Crippen LogP) is 4.08. The van der Waals surface area contributed by atoms with Crippen LogP contribution in [0.4, 0.5) is 0 Å². The molecule has 3 nitrogen and oxygen atoms in total. The molecule has 0 bridgehead atoms. The molecule has 1 aromatic rings. The molecule has 0 aliphatic heterocycles. The van der Waals surface area contributed by atoms with Crippen molar-refractivity contribution < 1.29 is 14.3 Å². The number of ketones is 1. The molecule has 0 aromatic heterocycles. The van der Waals surface area contributed by atoms with Gasteiger partial charge in [0.2, 0.25) is 0 Å². The van der Waals surface area contributed by atoms with Gasteiger partial charge in [0.15, 0.2) is 5.78 Å². The van der Waals surface area contributed by atoms with Crippen LogP contribution in [-0.2, 0) is 16.6 Å². The number of hydrogen-bond acceptors (Lipinski definition) is 3. The fourth-order valence-corrected chi connectivity index (χ4v) is 4.94. The summed E-state index contributed by atoms with van der Waals surface area (Å²) in [5.74, 6) is 2.29. The molecule has 0 saturated heterocycles. The van der Waals surface area contributed by atoms with Crippen LogP contribution in [0.2, 0.25) is 0 Å². The van der Waals surface area contributed by atoms with Crippen LogP contribution < -0.4 is 9.47 Å². The molecule has 0 fully saturated rings. The lowest BCUT2D eigenvalue weighted by molar-refractivity contribution is -0.130. The van der Waals surface area contributed by atoms with Gasteiger partial charge >= 0.3 is 0 Å². The number of allylic oxidation sites excluding steroid dienone is 2. The summed E-state index contributed by atoms with van der Waals surface area (Å²) in [4.78, 5) is 13.0. The molecule has 2 unspecified atom stereocenters.